The zero-order valence-electron chi connectivity index (χ0n) is 12.0. The van der Waals surface area contributed by atoms with Crippen molar-refractivity contribution in [2.24, 2.45) is 0 Å². The van der Waals surface area contributed by atoms with Crippen molar-refractivity contribution >= 4 is 31.3 Å². The maximum Gasteiger partial charge on any atom is 0.266 e. The van der Waals surface area contributed by atoms with E-state index >= 15 is 0 Å². The van der Waals surface area contributed by atoms with Gasteiger partial charge in [0.25, 0.3) is 9.05 Å². The molecule has 0 unspecified atom stereocenters. The third-order valence-electron chi connectivity index (χ3n) is 3.04. The van der Waals surface area contributed by atoms with Gasteiger partial charge in [-0.05, 0) is 43.5 Å². The minimum Gasteiger partial charge on any atom is -0.220 e. The minimum absolute atomic E-state index is 0.0263. The quantitative estimate of drug-likeness (QED) is 0.785. The normalized spacial score (nSPS) is 11.9. The number of rotatable bonds is 4. The second kappa shape index (κ2) is 5.99. The van der Waals surface area contributed by atoms with Crippen LogP contribution in [0.5, 0.6) is 0 Å². The Balaban J connectivity index is 2.71. The van der Waals surface area contributed by atoms with Crippen LogP contribution in [0.3, 0.4) is 0 Å². The first-order valence-electron chi connectivity index (χ1n) is 6.54. The number of halogens is 2. The highest BCUT2D eigenvalue weighted by molar-refractivity contribution is 8.13. The van der Waals surface area contributed by atoms with Crippen molar-refractivity contribution in [3.8, 4) is 5.69 Å². The predicted molar refractivity (Wildman–Crippen MR) is 85.1 cm³/mol. The highest BCUT2D eigenvalue weighted by atomic mass is 35.7. The van der Waals surface area contributed by atoms with Crippen LogP contribution in [0.15, 0.2) is 23.1 Å². The number of benzene rings is 1. The molecule has 0 bridgehead atoms. The molecule has 0 aliphatic rings. The predicted octanol–water partition coefficient (Wildman–Crippen LogP) is 4.02. The first kappa shape index (κ1) is 16.3. The molecule has 7 heteroatoms. The fourth-order valence-corrected chi connectivity index (χ4v) is 4.18. The van der Waals surface area contributed by atoms with Crippen LogP contribution in [0, 0.1) is 13.8 Å². The van der Waals surface area contributed by atoms with Crippen LogP contribution in [-0.2, 0) is 15.5 Å². The third kappa shape index (κ3) is 3.42. The average Bonchev–Trinajstić information content (AvgIpc) is 2.65. The molecule has 1 aromatic carbocycles. The van der Waals surface area contributed by atoms with Crippen LogP contribution in [-0.4, -0.2) is 18.2 Å². The summed E-state index contributed by atoms with van der Waals surface area (Å²) in [5.74, 6) is 0. The van der Waals surface area contributed by atoms with Crippen molar-refractivity contribution in [3.05, 3.63) is 40.2 Å². The average molecular weight is 347 g/mol. The van der Waals surface area contributed by atoms with Gasteiger partial charge in [0.05, 0.1) is 11.4 Å². The fourth-order valence-electron chi connectivity index (χ4n) is 2.31. The summed E-state index contributed by atoms with van der Waals surface area (Å²) in [5, 5.41) is 4.37. The molecule has 21 heavy (non-hydrogen) atoms. The van der Waals surface area contributed by atoms with E-state index in [0.29, 0.717) is 12.1 Å². The summed E-state index contributed by atoms with van der Waals surface area (Å²) < 4.78 is 24.9. The van der Waals surface area contributed by atoms with Crippen molar-refractivity contribution in [2.45, 2.75) is 38.5 Å². The first-order valence-corrected chi connectivity index (χ1v) is 9.23. The molecule has 0 saturated carbocycles. The fraction of sp³-hybridized carbons (Fsp3) is 0.357. The van der Waals surface area contributed by atoms with Gasteiger partial charge < -0.3 is 0 Å². The van der Waals surface area contributed by atoms with Gasteiger partial charge in [-0.25, -0.2) is 13.1 Å². The van der Waals surface area contributed by atoms with Gasteiger partial charge in [0.15, 0.2) is 5.15 Å². The van der Waals surface area contributed by atoms with Crippen LogP contribution in [0.2, 0.25) is 5.15 Å². The van der Waals surface area contributed by atoms with Gasteiger partial charge in [0.2, 0.25) is 0 Å². The zero-order valence-corrected chi connectivity index (χ0v) is 14.3. The Labute approximate surface area is 134 Å². The molecule has 0 radical (unpaired) electrons. The Morgan fingerprint density at radius 2 is 1.76 bits per heavy atom. The van der Waals surface area contributed by atoms with Crippen molar-refractivity contribution in [3.63, 3.8) is 0 Å². The molecular weight excluding hydrogens is 331 g/mol. The maximum absolute atomic E-state index is 11.8. The Hall–Kier alpha value is -1.04. The first-order chi connectivity index (χ1) is 9.74. The van der Waals surface area contributed by atoms with Gasteiger partial charge in [0, 0.05) is 10.7 Å². The van der Waals surface area contributed by atoms with Gasteiger partial charge in [-0.15, -0.1) is 0 Å². The lowest BCUT2D eigenvalue weighted by atomic mass is 10.1. The molecule has 0 saturated heterocycles. The third-order valence-corrected chi connectivity index (χ3v) is 4.88. The molecule has 0 amide bonds. The summed E-state index contributed by atoms with van der Waals surface area (Å²) in [6, 6.07) is 5.81. The molecule has 114 valence electrons. The molecule has 0 atom stereocenters. The van der Waals surface area contributed by atoms with E-state index in [2.05, 4.69) is 5.10 Å². The standard InChI is InChI=1S/C14H16Cl2N2O2S/c1-4-5-12-13(21(16,19)20)14(15)18(17-12)11-7-9(2)6-10(3)8-11/h6-8H,4-5H2,1-3H3. The summed E-state index contributed by atoms with van der Waals surface area (Å²) in [6.45, 7) is 5.86. The van der Waals surface area contributed by atoms with Crippen molar-refractivity contribution in [2.75, 3.05) is 0 Å². The summed E-state index contributed by atoms with van der Waals surface area (Å²) in [5.41, 5.74) is 3.21. The molecule has 0 aliphatic carbocycles. The van der Waals surface area contributed by atoms with E-state index in [-0.39, 0.29) is 10.0 Å². The Morgan fingerprint density at radius 3 is 2.24 bits per heavy atom. The molecule has 0 fully saturated rings. The van der Waals surface area contributed by atoms with E-state index < -0.39 is 9.05 Å². The number of hydrogen-bond acceptors (Lipinski definition) is 3. The van der Waals surface area contributed by atoms with Crippen LogP contribution >= 0.6 is 22.3 Å². The van der Waals surface area contributed by atoms with E-state index in [1.54, 1.807) is 0 Å². The lowest BCUT2D eigenvalue weighted by Gasteiger charge is -2.06. The van der Waals surface area contributed by atoms with E-state index in [9.17, 15) is 8.42 Å². The molecule has 4 nitrogen and oxygen atoms in total. The van der Waals surface area contributed by atoms with E-state index in [1.165, 1.54) is 4.68 Å². The van der Waals surface area contributed by atoms with Crippen molar-refractivity contribution in [1.82, 2.24) is 9.78 Å². The molecule has 2 rings (SSSR count). The Morgan fingerprint density at radius 1 is 1.19 bits per heavy atom. The smallest absolute Gasteiger partial charge is 0.220 e. The van der Waals surface area contributed by atoms with Crippen LogP contribution < -0.4 is 0 Å². The largest absolute Gasteiger partial charge is 0.266 e. The highest BCUT2D eigenvalue weighted by Crippen LogP contribution is 2.31. The summed E-state index contributed by atoms with van der Waals surface area (Å²) in [7, 11) is 1.57. The number of nitrogens with zero attached hydrogens (tertiary/aromatic N) is 2. The monoisotopic (exact) mass is 346 g/mol. The molecule has 2 aromatic rings. The van der Waals surface area contributed by atoms with Gasteiger partial charge >= 0.3 is 0 Å². The van der Waals surface area contributed by atoms with E-state index in [0.717, 1.165) is 23.2 Å². The van der Waals surface area contributed by atoms with Gasteiger partial charge in [-0.2, -0.15) is 5.10 Å². The minimum atomic E-state index is -3.94. The molecular formula is C14H16Cl2N2O2S. The maximum atomic E-state index is 11.8. The molecule has 0 aliphatic heterocycles. The summed E-state index contributed by atoms with van der Waals surface area (Å²) in [4.78, 5) is -0.0909. The summed E-state index contributed by atoms with van der Waals surface area (Å²) in [6.07, 6.45) is 1.25. The number of hydrogen-bond donors (Lipinski definition) is 0. The molecule has 1 heterocycles. The SMILES string of the molecule is CCCc1nn(-c2cc(C)cc(C)c2)c(Cl)c1S(=O)(=O)Cl. The van der Waals surface area contributed by atoms with Crippen molar-refractivity contribution < 1.29 is 8.42 Å². The lowest BCUT2D eigenvalue weighted by molar-refractivity contribution is 0.608. The Bertz CT molecular complexity index is 762. The number of aryl methyl sites for hydroxylation is 3. The van der Waals surface area contributed by atoms with Gasteiger partial charge in [0.1, 0.15) is 4.90 Å². The molecule has 0 N–H and O–H groups in total. The second-order valence-electron chi connectivity index (χ2n) is 5.01. The van der Waals surface area contributed by atoms with Gasteiger partial charge in [-0.1, -0.05) is 31.0 Å². The van der Waals surface area contributed by atoms with E-state index in [1.807, 2.05) is 39.0 Å². The van der Waals surface area contributed by atoms with Crippen molar-refractivity contribution in [1.29, 1.82) is 0 Å². The van der Waals surface area contributed by atoms with Gasteiger partial charge in [-0.3, -0.25) is 0 Å². The van der Waals surface area contributed by atoms with E-state index in [4.69, 9.17) is 22.3 Å². The zero-order chi connectivity index (χ0) is 15.8. The topological polar surface area (TPSA) is 52.0 Å². The molecule has 1 aromatic heterocycles. The Kier molecular flexibility index (Phi) is 4.66. The van der Waals surface area contributed by atoms with Crippen LogP contribution in [0.25, 0.3) is 5.69 Å². The summed E-state index contributed by atoms with van der Waals surface area (Å²) >= 11 is 6.23. The van der Waals surface area contributed by atoms with Crippen LogP contribution in [0.4, 0.5) is 0 Å². The van der Waals surface area contributed by atoms with Crippen LogP contribution in [0.1, 0.15) is 30.2 Å². The molecule has 0 spiro atoms. The lowest BCUT2D eigenvalue weighted by Crippen LogP contribution is -1.99. The second-order valence-corrected chi connectivity index (χ2v) is 7.87. The highest BCUT2D eigenvalue weighted by Gasteiger charge is 2.26. The number of aromatic nitrogens is 2.